The average Bonchev–Trinajstić information content (AvgIpc) is 3.00. The number of anilines is 1. The molecule has 0 fully saturated rings. The Hall–Kier alpha value is -3.66. The van der Waals surface area contributed by atoms with Gasteiger partial charge in [-0.15, -0.1) is 0 Å². The van der Waals surface area contributed by atoms with E-state index in [0.717, 1.165) is 11.1 Å². The van der Waals surface area contributed by atoms with E-state index < -0.39 is 0 Å². The van der Waals surface area contributed by atoms with Crippen LogP contribution in [-0.2, 0) is 0 Å². The first-order chi connectivity index (χ1) is 13.6. The molecule has 138 valence electrons. The van der Waals surface area contributed by atoms with Crippen LogP contribution in [0.1, 0.15) is 31.8 Å². The van der Waals surface area contributed by atoms with Gasteiger partial charge in [-0.25, -0.2) is 0 Å². The Morgan fingerprint density at radius 1 is 0.893 bits per heavy atom. The van der Waals surface area contributed by atoms with Crippen LogP contribution in [0.2, 0.25) is 0 Å². The van der Waals surface area contributed by atoms with Crippen LogP contribution < -0.4 is 9.64 Å². The molecule has 0 bridgehead atoms. The lowest BCUT2D eigenvalue weighted by Crippen LogP contribution is -2.22. The number of hydrogen-bond acceptors (Lipinski definition) is 3. The zero-order valence-electron chi connectivity index (χ0n) is 15.7. The molecule has 0 unspecified atom stereocenters. The molecule has 4 nitrogen and oxygen atoms in total. The van der Waals surface area contributed by atoms with Gasteiger partial charge in [-0.1, -0.05) is 48.0 Å². The van der Waals surface area contributed by atoms with Gasteiger partial charge in [-0.2, -0.15) is 0 Å². The van der Waals surface area contributed by atoms with E-state index in [-0.39, 0.29) is 11.7 Å². The number of hydrogen-bond donors (Lipinski definition) is 0. The maximum atomic E-state index is 13.1. The van der Waals surface area contributed by atoms with Crippen LogP contribution in [0.3, 0.4) is 0 Å². The van der Waals surface area contributed by atoms with Crippen LogP contribution in [0, 0.1) is 6.92 Å². The first kappa shape index (κ1) is 17.7. The van der Waals surface area contributed by atoms with Crippen LogP contribution >= 0.6 is 0 Å². The zero-order chi connectivity index (χ0) is 19.7. The molecule has 0 radical (unpaired) electrons. The molecule has 3 aromatic carbocycles. The Bertz CT molecular complexity index is 1080. The van der Waals surface area contributed by atoms with Crippen molar-refractivity contribution in [1.29, 1.82) is 0 Å². The fourth-order valence-corrected chi connectivity index (χ4v) is 3.30. The highest BCUT2D eigenvalue weighted by Crippen LogP contribution is 2.37. The van der Waals surface area contributed by atoms with Crippen LogP contribution in [0.15, 0.2) is 78.9 Å². The number of carbonyl (C=O) groups is 2. The van der Waals surface area contributed by atoms with E-state index in [1.165, 1.54) is 0 Å². The molecule has 0 saturated heterocycles. The molecule has 1 aliphatic heterocycles. The first-order valence-electron chi connectivity index (χ1n) is 8.99. The monoisotopic (exact) mass is 369 g/mol. The molecule has 0 aliphatic carbocycles. The number of rotatable bonds is 4. The van der Waals surface area contributed by atoms with Crippen LogP contribution in [0.5, 0.6) is 5.75 Å². The van der Waals surface area contributed by atoms with Gasteiger partial charge in [0.15, 0.2) is 5.78 Å². The minimum Gasteiger partial charge on any atom is -0.497 e. The average molecular weight is 369 g/mol. The van der Waals surface area contributed by atoms with Crippen LogP contribution in [0.4, 0.5) is 5.69 Å². The van der Waals surface area contributed by atoms with Crippen molar-refractivity contribution in [2.45, 2.75) is 6.92 Å². The zero-order valence-corrected chi connectivity index (χ0v) is 15.7. The molecule has 0 atom stereocenters. The maximum absolute atomic E-state index is 13.1. The van der Waals surface area contributed by atoms with Gasteiger partial charge in [0.25, 0.3) is 5.91 Å². The van der Waals surface area contributed by atoms with Crippen molar-refractivity contribution in [3.63, 3.8) is 0 Å². The van der Waals surface area contributed by atoms with E-state index in [4.69, 9.17) is 4.74 Å². The number of aryl methyl sites for hydroxylation is 1. The third kappa shape index (κ3) is 3.09. The van der Waals surface area contributed by atoms with E-state index in [1.54, 1.807) is 48.4 Å². The van der Waals surface area contributed by atoms with Crippen molar-refractivity contribution in [3.05, 3.63) is 101 Å². The predicted octanol–water partition coefficient (Wildman–Crippen LogP) is 4.89. The summed E-state index contributed by atoms with van der Waals surface area (Å²) < 4.78 is 5.21. The molecule has 4 rings (SSSR count). The molecule has 1 aliphatic rings. The first-order valence-corrected chi connectivity index (χ1v) is 8.99. The Balaban J connectivity index is 1.81. The van der Waals surface area contributed by atoms with Gasteiger partial charge < -0.3 is 4.74 Å². The van der Waals surface area contributed by atoms with Crippen molar-refractivity contribution < 1.29 is 14.3 Å². The number of nitrogens with zero attached hydrogens (tertiary/aromatic N) is 1. The number of fused-ring (bicyclic) bond motifs is 1. The number of ketones is 1. The highest BCUT2D eigenvalue weighted by Gasteiger charge is 2.33. The molecule has 0 spiro atoms. The Kier molecular flexibility index (Phi) is 4.53. The van der Waals surface area contributed by atoms with Gasteiger partial charge in [0, 0.05) is 28.5 Å². The Morgan fingerprint density at radius 2 is 1.54 bits per heavy atom. The summed E-state index contributed by atoms with van der Waals surface area (Å²) in [7, 11) is 1.59. The minimum atomic E-state index is -0.149. The predicted molar refractivity (Wildman–Crippen MR) is 110 cm³/mol. The summed E-state index contributed by atoms with van der Waals surface area (Å²) in [6.45, 7) is 1.98. The lowest BCUT2D eigenvalue weighted by atomic mass is 10.0. The lowest BCUT2D eigenvalue weighted by Gasteiger charge is -2.19. The fraction of sp³-hybridized carbons (Fsp3) is 0.0833. The van der Waals surface area contributed by atoms with Crippen molar-refractivity contribution in [3.8, 4) is 5.75 Å². The molecular formula is C24H19NO3. The van der Waals surface area contributed by atoms with Crippen LogP contribution in [0.25, 0.3) is 5.70 Å². The Labute approximate surface area is 163 Å². The summed E-state index contributed by atoms with van der Waals surface area (Å²) in [5, 5.41) is 0. The van der Waals surface area contributed by atoms with E-state index >= 15 is 0 Å². The standard InChI is InChI=1S/C24H19NO3/c1-16-7-9-17(10-8-16)23(26)15-22-20-5-3-4-6-21(20)24(27)25(22)18-11-13-19(28-2)14-12-18/h3-15H,1-2H3/b22-15+. The van der Waals surface area contributed by atoms with Crippen molar-refractivity contribution in [1.82, 2.24) is 0 Å². The molecule has 0 N–H and O–H groups in total. The van der Waals surface area contributed by atoms with Gasteiger partial charge >= 0.3 is 0 Å². The van der Waals surface area contributed by atoms with E-state index in [9.17, 15) is 9.59 Å². The molecule has 0 saturated carbocycles. The SMILES string of the molecule is COc1ccc(N2C(=O)c3ccccc3/C2=C\C(=O)c2ccc(C)cc2)cc1. The number of methoxy groups -OCH3 is 1. The highest BCUT2D eigenvalue weighted by molar-refractivity contribution is 6.25. The minimum absolute atomic E-state index is 0.141. The lowest BCUT2D eigenvalue weighted by molar-refractivity contribution is 0.101. The summed E-state index contributed by atoms with van der Waals surface area (Å²) in [4.78, 5) is 27.5. The second-order valence-corrected chi connectivity index (χ2v) is 6.64. The second-order valence-electron chi connectivity index (χ2n) is 6.64. The quantitative estimate of drug-likeness (QED) is 0.486. The third-order valence-electron chi connectivity index (χ3n) is 4.81. The largest absolute Gasteiger partial charge is 0.497 e. The molecule has 1 amide bonds. The summed E-state index contributed by atoms with van der Waals surface area (Å²) in [6, 6.07) is 22.0. The Morgan fingerprint density at radius 3 is 2.18 bits per heavy atom. The van der Waals surface area contributed by atoms with Crippen molar-refractivity contribution in [2.75, 3.05) is 12.0 Å². The second kappa shape index (κ2) is 7.16. The van der Waals surface area contributed by atoms with Gasteiger partial charge in [0.05, 0.1) is 12.8 Å². The number of amides is 1. The normalized spacial score (nSPS) is 14.3. The smallest absolute Gasteiger partial charge is 0.263 e. The van der Waals surface area contributed by atoms with Gasteiger partial charge in [0.1, 0.15) is 5.75 Å². The van der Waals surface area contributed by atoms with Gasteiger partial charge in [0.2, 0.25) is 0 Å². The molecule has 1 heterocycles. The maximum Gasteiger partial charge on any atom is 0.263 e. The van der Waals surface area contributed by atoms with Crippen molar-refractivity contribution >= 4 is 23.1 Å². The summed E-state index contributed by atoms with van der Waals surface area (Å²) in [5.41, 5.74) is 4.28. The van der Waals surface area contributed by atoms with Gasteiger partial charge in [-0.05, 0) is 37.3 Å². The topological polar surface area (TPSA) is 46.6 Å². The number of allylic oxidation sites excluding steroid dienone is 1. The highest BCUT2D eigenvalue weighted by atomic mass is 16.5. The third-order valence-corrected chi connectivity index (χ3v) is 4.81. The number of carbonyl (C=O) groups excluding carboxylic acids is 2. The molecule has 3 aromatic rings. The summed E-state index contributed by atoms with van der Waals surface area (Å²) in [6.07, 6.45) is 1.54. The van der Waals surface area contributed by atoms with E-state index in [2.05, 4.69) is 0 Å². The summed E-state index contributed by atoms with van der Waals surface area (Å²) >= 11 is 0. The molecule has 0 aromatic heterocycles. The van der Waals surface area contributed by atoms with Crippen molar-refractivity contribution in [2.24, 2.45) is 0 Å². The van der Waals surface area contributed by atoms with Gasteiger partial charge in [-0.3, -0.25) is 14.5 Å². The van der Waals surface area contributed by atoms with E-state index in [1.807, 2.05) is 49.4 Å². The number of ether oxygens (including phenoxy) is 1. The molecule has 4 heteroatoms. The summed E-state index contributed by atoms with van der Waals surface area (Å²) in [5.74, 6) is 0.413. The fourth-order valence-electron chi connectivity index (χ4n) is 3.30. The van der Waals surface area contributed by atoms with E-state index in [0.29, 0.717) is 28.3 Å². The van der Waals surface area contributed by atoms with Crippen LogP contribution in [-0.4, -0.2) is 18.8 Å². The molecule has 28 heavy (non-hydrogen) atoms. The number of benzene rings is 3. The molecular weight excluding hydrogens is 350 g/mol.